The van der Waals surface area contributed by atoms with Crippen molar-refractivity contribution in [3.05, 3.63) is 0 Å². The van der Waals surface area contributed by atoms with E-state index in [4.69, 9.17) is 71.1 Å². The highest BCUT2D eigenvalue weighted by molar-refractivity contribution is 4.68. The van der Waals surface area contributed by atoms with Gasteiger partial charge in [-0.2, -0.15) is 0 Å². The van der Waals surface area contributed by atoms with Gasteiger partial charge in [0.2, 0.25) is 0 Å². The molecule has 0 radical (unpaired) electrons. The van der Waals surface area contributed by atoms with Crippen molar-refractivity contribution in [3.63, 3.8) is 0 Å². The van der Waals surface area contributed by atoms with Gasteiger partial charge in [0.25, 0.3) is 0 Å². The van der Waals surface area contributed by atoms with Gasteiger partial charge in [0.15, 0.2) is 0 Å². The highest BCUT2D eigenvalue weighted by atomic mass is 16.5. The van der Waals surface area contributed by atoms with Crippen LogP contribution in [0.1, 0.15) is 410 Å². The van der Waals surface area contributed by atoms with Gasteiger partial charge < -0.3 is 71.1 Å². The maximum absolute atomic E-state index is 5.66. The molecule has 0 bridgehead atoms. The van der Waals surface area contributed by atoms with Crippen LogP contribution in [0.2, 0.25) is 0 Å². The van der Waals surface area contributed by atoms with Gasteiger partial charge >= 0.3 is 0 Å². The van der Waals surface area contributed by atoms with Gasteiger partial charge in [-0.1, -0.05) is 176 Å². The molecule has 0 aromatic rings. The van der Waals surface area contributed by atoms with Crippen LogP contribution in [0.3, 0.4) is 0 Å². The van der Waals surface area contributed by atoms with Crippen LogP contribution < -0.4 is 0 Å². The van der Waals surface area contributed by atoms with Crippen molar-refractivity contribution < 1.29 is 71.1 Å². The molecule has 0 saturated heterocycles. The third kappa shape index (κ3) is 147. The Morgan fingerprint density at radius 1 is 0.116 bits per heavy atom. The molecule has 0 rings (SSSR count). The fourth-order valence-corrected chi connectivity index (χ4v) is 9.64. The van der Waals surface area contributed by atoms with Crippen molar-refractivity contribution in [2.24, 2.45) is 32.5 Å². The zero-order valence-corrected chi connectivity index (χ0v) is 82.8. The molecule has 15 heteroatoms. The highest BCUT2D eigenvalue weighted by Gasteiger charge is 2.17. The molecule has 0 spiro atoms. The predicted octanol–water partition coefficient (Wildman–Crippen LogP) is 27.0. The summed E-state index contributed by atoms with van der Waals surface area (Å²) in [6.45, 7) is 97.6. The second kappa shape index (κ2) is 72.1. The summed E-state index contributed by atoms with van der Waals surface area (Å²) in [7, 11) is 0. The minimum absolute atomic E-state index is 0.0209. The summed E-state index contributed by atoms with van der Waals surface area (Å²) in [5.41, 5.74) is 2.28. The molecule has 0 aliphatic carbocycles. The molecule has 0 aliphatic rings. The fourth-order valence-electron chi connectivity index (χ4n) is 9.64. The topological polar surface area (TPSA) is 138 Å². The molecule has 0 heterocycles. The minimum atomic E-state index is -0.0518. The summed E-state index contributed by atoms with van der Waals surface area (Å²) >= 11 is 0. The van der Waals surface area contributed by atoms with Gasteiger partial charge in [-0.3, -0.25) is 0 Å². The van der Waals surface area contributed by atoms with Crippen molar-refractivity contribution in [2.75, 3.05) is 159 Å². The van der Waals surface area contributed by atoms with Gasteiger partial charge in [0.05, 0.1) is 46.8 Å². The lowest BCUT2D eigenvalue weighted by molar-refractivity contribution is -0.0185. The van der Waals surface area contributed by atoms with Crippen LogP contribution in [-0.2, 0) is 71.1 Å². The first kappa shape index (κ1) is 122. The lowest BCUT2D eigenvalue weighted by atomic mass is 9.89. The molecule has 0 unspecified atom stereocenters. The fraction of sp³-hybridized carbons (Fsp3) is 1.00. The number of ether oxygens (including phenoxy) is 15. The van der Waals surface area contributed by atoms with Crippen LogP contribution in [0.4, 0.5) is 0 Å². The molecule has 0 N–H and O–H groups in total. The quantitative estimate of drug-likeness (QED) is 0.0534. The summed E-state index contributed by atoms with van der Waals surface area (Å²) in [6, 6.07) is 0. The molecule has 0 amide bonds. The van der Waals surface area contributed by atoms with E-state index in [1.54, 1.807) is 0 Å². The number of unbranched alkanes of at least 4 members (excludes halogenated alkanes) is 8. The van der Waals surface area contributed by atoms with Crippen molar-refractivity contribution in [1.82, 2.24) is 0 Å². The third-order valence-corrected chi connectivity index (χ3v) is 15.5. The normalized spacial score (nSPS) is 13.0. The van der Waals surface area contributed by atoms with Crippen LogP contribution >= 0.6 is 0 Å². The second-order valence-corrected chi connectivity index (χ2v) is 43.9. The van der Waals surface area contributed by atoms with Crippen LogP contribution in [0.5, 0.6) is 0 Å². The van der Waals surface area contributed by atoms with Gasteiger partial charge in [0.1, 0.15) is 0 Å². The van der Waals surface area contributed by atoms with E-state index in [-0.39, 0.29) is 44.4 Å². The Morgan fingerprint density at radius 2 is 0.241 bits per heavy atom. The standard InChI is InChI=1S/C22H46O4.C19H40O3.C16H34O2.C15H32O3.C13H28O.C12H26O2/c1-21(2,3)13-8-7-9-14-23-15-10-16-24-17-11-18-25-19-12-20-26-22(4,5)6;1-18(2,3)12-8-7-9-13-20-14-10-15-21-16-11-17-22-19(4,5)6;1-15(2,3)11-8-7-9-12-17-13-10-14-18-16(4,5)6;1-14(2,3)13-17-11-7-9-16-10-8-12-18-15(4,5)6;1-12(2,3)10-8-7-9-11-14-13(4,5)6;1-11(2,3)10-13-8-7-9-14-12(4,5)6/h7-20H2,1-6H3;7-17H2,1-6H3;7-14H2,1-6H3;7-13H2,1-6H3;7-11H2,1-6H3;7-10H2,1-6H3. The molecule has 0 aromatic carbocycles. The third-order valence-electron chi connectivity index (χ3n) is 15.5. The molecule has 684 valence electrons. The summed E-state index contributed by atoms with van der Waals surface area (Å²) in [5, 5.41) is 0. The lowest BCUT2D eigenvalue weighted by Crippen LogP contribution is -2.21. The molecule has 0 aliphatic heterocycles. The smallest absolute Gasteiger partial charge is 0.0598 e. The zero-order valence-electron chi connectivity index (χ0n) is 82.8. The highest BCUT2D eigenvalue weighted by Crippen LogP contribution is 2.26. The van der Waals surface area contributed by atoms with Crippen molar-refractivity contribution in [3.8, 4) is 0 Å². The van der Waals surface area contributed by atoms with E-state index in [2.05, 4.69) is 249 Å². The van der Waals surface area contributed by atoms with Crippen LogP contribution in [0, 0.1) is 32.5 Å². The maximum atomic E-state index is 5.66. The van der Waals surface area contributed by atoms with E-state index in [0.29, 0.717) is 21.7 Å². The molecular formula is C97H206O15. The van der Waals surface area contributed by atoms with Crippen LogP contribution in [-0.4, -0.2) is 192 Å². The summed E-state index contributed by atoms with van der Waals surface area (Å²) in [4.78, 5) is 0. The maximum Gasteiger partial charge on any atom is 0.0598 e. The van der Waals surface area contributed by atoms with E-state index >= 15 is 0 Å². The first-order chi connectivity index (χ1) is 51.2. The average molecular weight is 1610 g/mol. The Hall–Kier alpha value is -0.600. The van der Waals surface area contributed by atoms with Gasteiger partial charge in [-0.25, -0.2) is 0 Å². The Morgan fingerprint density at radius 3 is 0.384 bits per heavy atom. The van der Waals surface area contributed by atoms with Crippen LogP contribution in [0.25, 0.3) is 0 Å². The first-order valence-electron chi connectivity index (χ1n) is 45.3. The number of rotatable bonds is 58. The molecule has 0 aromatic heterocycles. The number of hydrogen-bond donors (Lipinski definition) is 0. The van der Waals surface area contributed by atoms with Gasteiger partial charge in [-0.15, -0.1) is 0 Å². The summed E-state index contributed by atoms with van der Waals surface area (Å²) < 4.78 is 84.0. The van der Waals surface area contributed by atoms with Crippen LogP contribution in [0.15, 0.2) is 0 Å². The van der Waals surface area contributed by atoms with Crippen molar-refractivity contribution in [1.29, 1.82) is 0 Å². The minimum Gasteiger partial charge on any atom is -0.381 e. The Kier molecular flexibility index (Phi) is 78.6. The Labute approximate surface area is 702 Å². The van der Waals surface area contributed by atoms with E-state index in [9.17, 15) is 0 Å². The Bertz CT molecular complexity index is 1660. The first-order valence-corrected chi connectivity index (χ1v) is 45.3. The van der Waals surface area contributed by atoms with E-state index in [1.807, 2.05) is 0 Å². The van der Waals surface area contributed by atoms with Gasteiger partial charge in [-0.05, 0) is 266 Å². The van der Waals surface area contributed by atoms with E-state index < -0.39 is 0 Å². The molecule has 0 saturated carbocycles. The number of hydrogen-bond acceptors (Lipinski definition) is 15. The monoisotopic (exact) mass is 1610 g/mol. The average Bonchev–Trinajstić information content (AvgIpc) is 0.966. The lowest BCUT2D eigenvalue weighted by Gasteiger charge is -2.20. The summed E-state index contributed by atoms with van der Waals surface area (Å²) in [5.74, 6) is 0. The largest absolute Gasteiger partial charge is 0.381 e. The molecule has 0 atom stereocenters. The SMILES string of the molecule is CC(C)(C)CCCCCOC(C)(C)C.CC(C)(C)CCCCCOCCCOC(C)(C)C.CC(C)(C)CCCCCOCCCOCCCOC(C)(C)C.CC(C)(C)CCCCCOCCCOCCCOCCCOC(C)(C)C.CC(C)(C)COCCCOC(C)(C)C.CC(C)(C)COCCCOCCCOC(C)(C)C. The van der Waals surface area contributed by atoms with Gasteiger partial charge in [0, 0.05) is 145 Å². The molecule has 15 nitrogen and oxygen atoms in total. The molecular weight excluding hydrogens is 1410 g/mol. The molecule has 0 fully saturated rings. The van der Waals surface area contributed by atoms with E-state index in [0.717, 1.165) is 216 Å². The van der Waals surface area contributed by atoms with Crippen molar-refractivity contribution in [2.45, 2.75) is 443 Å². The predicted molar refractivity (Wildman–Crippen MR) is 484 cm³/mol. The van der Waals surface area contributed by atoms with Crippen molar-refractivity contribution >= 4 is 0 Å². The molecule has 112 heavy (non-hydrogen) atoms. The van der Waals surface area contributed by atoms with E-state index in [1.165, 1.54) is 103 Å². The summed E-state index contributed by atoms with van der Waals surface area (Å²) in [6.07, 6.45) is 29.1. The Balaban J connectivity index is -0.000000305. The zero-order chi connectivity index (χ0) is 87.3. The second-order valence-electron chi connectivity index (χ2n) is 43.9.